The van der Waals surface area contributed by atoms with E-state index in [4.69, 9.17) is 29.1 Å². The first-order chi connectivity index (χ1) is 14.6. The van der Waals surface area contributed by atoms with Crippen molar-refractivity contribution in [3.05, 3.63) is 0 Å². The topological polar surface area (TPSA) is 130 Å². The predicted octanol–water partition coefficient (Wildman–Crippen LogP) is 1.72. The van der Waals surface area contributed by atoms with Crippen LogP contribution in [0.2, 0.25) is 0 Å². The third-order valence-electron chi connectivity index (χ3n) is 7.34. The van der Waals surface area contributed by atoms with Crippen molar-refractivity contribution in [2.24, 2.45) is 23.7 Å². The second-order valence-electron chi connectivity index (χ2n) is 9.43. The summed E-state index contributed by atoms with van der Waals surface area (Å²) in [5, 5.41) is 10.8. The Kier molecular flexibility index (Phi) is 6.01. The molecule has 1 unspecified atom stereocenters. The van der Waals surface area contributed by atoms with Crippen molar-refractivity contribution < 1.29 is 43.5 Å². The molecule has 0 radical (unpaired) electrons. The van der Waals surface area contributed by atoms with Crippen LogP contribution in [0.1, 0.15) is 59.3 Å². The Bertz CT molecular complexity index is 744. The number of amides is 1. The molecule has 8 atom stereocenters. The molecule has 5 rings (SSSR count). The average molecular weight is 441 g/mol. The summed E-state index contributed by atoms with van der Waals surface area (Å²) in [6, 6.07) is 0. The molecule has 1 spiro atoms. The minimum Gasteiger partial charge on any atom is -0.480 e. The van der Waals surface area contributed by atoms with Gasteiger partial charge in [-0.05, 0) is 38.0 Å². The fourth-order valence-electron chi connectivity index (χ4n) is 5.67. The first-order valence-electron chi connectivity index (χ1n) is 11.0. The maximum Gasteiger partial charge on any atom is 0.322 e. The molecule has 2 bridgehead atoms. The van der Waals surface area contributed by atoms with Gasteiger partial charge < -0.3 is 24.6 Å². The number of hydrogen-bond donors (Lipinski definition) is 2. The molecule has 4 heterocycles. The molecule has 10 heteroatoms. The van der Waals surface area contributed by atoms with E-state index in [0.717, 1.165) is 19.3 Å². The molecule has 31 heavy (non-hydrogen) atoms. The quantitative estimate of drug-likeness (QED) is 0.467. The molecule has 4 aliphatic heterocycles. The van der Waals surface area contributed by atoms with E-state index in [2.05, 4.69) is 12.2 Å². The van der Waals surface area contributed by atoms with E-state index in [1.165, 1.54) is 0 Å². The van der Waals surface area contributed by atoms with Crippen molar-refractivity contribution in [3.8, 4) is 0 Å². The van der Waals surface area contributed by atoms with Gasteiger partial charge >= 0.3 is 11.9 Å². The molecule has 0 aromatic carbocycles. The summed E-state index contributed by atoms with van der Waals surface area (Å²) in [4.78, 5) is 46.4. The van der Waals surface area contributed by atoms with Crippen LogP contribution in [0.4, 0.5) is 0 Å². The number of hydrogen-bond acceptors (Lipinski definition) is 8. The van der Waals surface area contributed by atoms with Crippen LogP contribution in [-0.2, 0) is 38.4 Å². The zero-order valence-electron chi connectivity index (χ0n) is 18.1. The van der Waals surface area contributed by atoms with Crippen LogP contribution in [0.25, 0.3) is 0 Å². The standard InChI is InChI=1S/C21H31NO9/c1-11-4-5-14-12(2)18(27-17(26)7-6-15(23)22-10-16(24)25)28-19-21(14)13(11)8-9-20(3,29-19)30-31-21/h11-14,18-19H,4-10H2,1-3H3,(H,22,23)(H,24,25)/t11-,12-,13+,14+,18-,19-,20+,21?/m1/s1. The van der Waals surface area contributed by atoms with Gasteiger partial charge in [0.25, 0.3) is 0 Å². The van der Waals surface area contributed by atoms with E-state index in [9.17, 15) is 14.4 Å². The summed E-state index contributed by atoms with van der Waals surface area (Å²) in [5.41, 5.74) is -0.729. The van der Waals surface area contributed by atoms with Gasteiger partial charge in [-0.3, -0.25) is 14.4 Å². The van der Waals surface area contributed by atoms with E-state index >= 15 is 0 Å². The highest BCUT2D eigenvalue weighted by atomic mass is 17.3. The third kappa shape index (κ3) is 4.06. The number of carbonyl (C=O) groups is 3. The van der Waals surface area contributed by atoms with Gasteiger partial charge in [0, 0.05) is 24.7 Å². The summed E-state index contributed by atoms with van der Waals surface area (Å²) in [6.07, 6.45) is 1.67. The molecule has 5 fully saturated rings. The Hall–Kier alpha value is -1.75. The molecular weight excluding hydrogens is 410 g/mol. The van der Waals surface area contributed by atoms with Gasteiger partial charge in [-0.1, -0.05) is 13.8 Å². The minimum absolute atomic E-state index is 0.0340. The lowest BCUT2D eigenvalue weighted by atomic mass is 9.58. The van der Waals surface area contributed by atoms with E-state index in [1.807, 2.05) is 13.8 Å². The predicted molar refractivity (Wildman–Crippen MR) is 103 cm³/mol. The number of carboxylic acid groups (broad SMARTS) is 1. The number of carboxylic acids is 1. The summed E-state index contributed by atoms with van der Waals surface area (Å²) < 4.78 is 18.0. The maximum absolute atomic E-state index is 12.4. The molecule has 1 aliphatic carbocycles. The Labute approximate surface area is 180 Å². The maximum atomic E-state index is 12.4. The fourth-order valence-corrected chi connectivity index (χ4v) is 5.67. The largest absolute Gasteiger partial charge is 0.480 e. The van der Waals surface area contributed by atoms with Crippen molar-refractivity contribution >= 4 is 17.8 Å². The molecule has 5 aliphatic rings. The van der Waals surface area contributed by atoms with Crippen molar-refractivity contribution in [1.29, 1.82) is 0 Å². The fraction of sp³-hybridized carbons (Fsp3) is 0.857. The smallest absolute Gasteiger partial charge is 0.322 e. The Morgan fingerprint density at radius 2 is 1.87 bits per heavy atom. The Morgan fingerprint density at radius 3 is 2.61 bits per heavy atom. The van der Waals surface area contributed by atoms with Crippen molar-refractivity contribution in [2.75, 3.05) is 6.54 Å². The van der Waals surface area contributed by atoms with Gasteiger partial charge in [0.1, 0.15) is 6.54 Å². The summed E-state index contributed by atoms with van der Waals surface area (Å²) >= 11 is 0. The molecule has 1 saturated carbocycles. The summed E-state index contributed by atoms with van der Waals surface area (Å²) in [5.74, 6) is -2.62. The van der Waals surface area contributed by atoms with E-state index < -0.39 is 48.4 Å². The van der Waals surface area contributed by atoms with E-state index in [0.29, 0.717) is 12.3 Å². The molecule has 4 saturated heterocycles. The van der Waals surface area contributed by atoms with Crippen LogP contribution in [0, 0.1) is 23.7 Å². The van der Waals surface area contributed by atoms with Crippen molar-refractivity contribution in [1.82, 2.24) is 5.32 Å². The van der Waals surface area contributed by atoms with Gasteiger partial charge in [-0.2, -0.15) is 0 Å². The molecule has 174 valence electrons. The highest BCUT2D eigenvalue weighted by Crippen LogP contribution is 2.60. The van der Waals surface area contributed by atoms with E-state index in [-0.39, 0.29) is 30.6 Å². The lowest BCUT2D eigenvalue weighted by molar-refractivity contribution is -0.576. The third-order valence-corrected chi connectivity index (χ3v) is 7.34. The molecular formula is C21H31NO9. The lowest BCUT2D eigenvalue weighted by Crippen LogP contribution is -2.70. The summed E-state index contributed by atoms with van der Waals surface area (Å²) in [7, 11) is 0. The number of ether oxygens (including phenoxy) is 3. The van der Waals surface area contributed by atoms with Gasteiger partial charge in [-0.15, -0.1) is 0 Å². The van der Waals surface area contributed by atoms with Crippen LogP contribution < -0.4 is 5.32 Å². The van der Waals surface area contributed by atoms with Crippen molar-refractivity contribution in [3.63, 3.8) is 0 Å². The zero-order valence-corrected chi connectivity index (χ0v) is 18.1. The van der Waals surface area contributed by atoms with Gasteiger partial charge in [0.05, 0.1) is 6.42 Å². The van der Waals surface area contributed by atoms with Gasteiger partial charge in [0.15, 0.2) is 11.9 Å². The molecule has 1 amide bonds. The lowest BCUT2D eigenvalue weighted by Gasteiger charge is -2.59. The van der Waals surface area contributed by atoms with Crippen LogP contribution >= 0.6 is 0 Å². The average Bonchev–Trinajstić information content (AvgIpc) is 2.94. The number of nitrogens with one attached hydrogen (secondary N) is 1. The Balaban J connectivity index is 1.44. The SMILES string of the molecule is C[C@H]1[C@H](OC(=O)CCC(=O)NCC(=O)O)O[C@@H]2O[C@]3(C)CC[C@H]4[C@H](C)CC[C@@H]1C24OO3. The second-order valence-corrected chi connectivity index (χ2v) is 9.43. The molecule has 0 aromatic rings. The van der Waals surface area contributed by atoms with Crippen LogP contribution in [0.15, 0.2) is 0 Å². The van der Waals surface area contributed by atoms with Crippen LogP contribution in [-0.4, -0.2) is 53.5 Å². The number of carbonyl (C=O) groups excluding carboxylic acids is 2. The van der Waals surface area contributed by atoms with Gasteiger partial charge in [0.2, 0.25) is 18.0 Å². The first kappa shape index (κ1) is 22.4. The van der Waals surface area contributed by atoms with Crippen LogP contribution in [0.5, 0.6) is 0 Å². The minimum atomic E-state index is -1.15. The highest BCUT2D eigenvalue weighted by molar-refractivity contribution is 5.84. The first-order valence-corrected chi connectivity index (χ1v) is 11.0. The monoisotopic (exact) mass is 441 g/mol. The number of esters is 1. The Morgan fingerprint density at radius 1 is 1.10 bits per heavy atom. The molecule has 2 N–H and O–H groups in total. The van der Waals surface area contributed by atoms with Crippen LogP contribution in [0.3, 0.4) is 0 Å². The summed E-state index contributed by atoms with van der Waals surface area (Å²) in [6.45, 7) is 5.54. The number of fused-ring (bicyclic) bond motifs is 2. The van der Waals surface area contributed by atoms with Crippen molar-refractivity contribution in [2.45, 2.75) is 83.3 Å². The number of rotatable bonds is 6. The van der Waals surface area contributed by atoms with E-state index in [1.54, 1.807) is 0 Å². The van der Waals surface area contributed by atoms with Gasteiger partial charge in [-0.25, -0.2) is 9.78 Å². The zero-order chi connectivity index (χ0) is 22.4. The normalized spacial score (nSPS) is 43.5. The molecule has 0 aromatic heterocycles. The molecule has 10 nitrogen and oxygen atoms in total. The highest BCUT2D eigenvalue weighted by Gasteiger charge is 2.69. The second kappa shape index (κ2) is 8.31. The number of aliphatic carboxylic acids is 1.